The van der Waals surface area contributed by atoms with E-state index in [2.05, 4.69) is 64.2 Å². The zero-order valence-corrected chi connectivity index (χ0v) is 14.6. The van der Waals surface area contributed by atoms with Crippen molar-refractivity contribution in [3.63, 3.8) is 0 Å². The lowest BCUT2D eigenvalue weighted by molar-refractivity contribution is 0.508. The van der Waals surface area contributed by atoms with Crippen LogP contribution in [0.2, 0.25) is 0 Å². The molecule has 1 aromatic heterocycles. The van der Waals surface area contributed by atoms with Gasteiger partial charge >= 0.3 is 0 Å². The third-order valence-electron chi connectivity index (χ3n) is 3.65. The summed E-state index contributed by atoms with van der Waals surface area (Å²) in [4.78, 5) is 4.45. The van der Waals surface area contributed by atoms with Crippen LogP contribution in [0.3, 0.4) is 0 Å². The number of anilines is 1. The molecule has 20 heavy (non-hydrogen) atoms. The van der Waals surface area contributed by atoms with Gasteiger partial charge in [0.25, 0.3) is 0 Å². The lowest BCUT2D eigenvalue weighted by Crippen LogP contribution is -2.03. The molecule has 2 rings (SSSR count). The molecule has 0 aliphatic carbocycles. The Kier molecular flexibility index (Phi) is 5.69. The van der Waals surface area contributed by atoms with Crippen LogP contribution in [0, 0.1) is 9.49 Å². The van der Waals surface area contributed by atoms with Crippen LogP contribution in [0.25, 0.3) is 11.0 Å². The minimum absolute atomic E-state index is 0.643. The van der Waals surface area contributed by atoms with Crippen molar-refractivity contribution in [2.45, 2.75) is 52.5 Å². The predicted octanol–water partition coefficient (Wildman–Crippen LogP) is 4.83. The van der Waals surface area contributed by atoms with Crippen LogP contribution >= 0.6 is 22.6 Å². The maximum atomic E-state index is 6.03. The molecule has 0 bridgehead atoms. The Labute approximate surface area is 135 Å². The summed E-state index contributed by atoms with van der Waals surface area (Å²) in [6.07, 6.45) is 6.46. The summed E-state index contributed by atoms with van der Waals surface area (Å²) in [6, 6.07) is 6.33. The van der Waals surface area contributed by atoms with Gasteiger partial charge in [-0.15, -0.1) is 0 Å². The van der Waals surface area contributed by atoms with Crippen LogP contribution in [0.15, 0.2) is 18.2 Å². The molecule has 2 N–H and O–H groups in total. The number of hydrogen-bond acceptors (Lipinski definition) is 2. The van der Waals surface area contributed by atoms with Gasteiger partial charge in [-0.1, -0.05) is 39.5 Å². The van der Waals surface area contributed by atoms with Crippen LogP contribution in [0.5, 0.6) is 0 Å². The minimum Gasteiger partial charge on any atom is -0.369 e. The standard InChI is InChI=1S/C16H24IN3/c1-12(2)7-5-3-4-6-10-20-15-9-8-13(17)11-14(15)19-16(20)18/h8-9,11-12H,3-7,10H2,1-2H3,(H2,18,19). The van der Waals surface area contributed by atoms with Crippen molar-refractivity contribution in [1.29, 1.82) is 0 Å². The predicted molar refractivity (Wildman–Crippen MR) is 94.8 cm³/mol. The summed E-state index contributed by atoms with van der Waals surface area (Å²) < 4.78 is 3.35. The molecule has 1 heterocycles. The van der Waals surface area contributed by atoms with Crippen LogP contribution in [0.1, 0.15) is 46.0 Å². The summed E-state index contributed by atoms with van der Waals surface area (Å²) in [5.74, 6) is 1.47. The van der Waals surface area contributed by atoms with Gasteiger partial charge in [-0.3, -0.25) is 0 Å². The Balaban J connectivity index is 1.88. The topological polar surface area (TPSA) is 43.8 Å². The SMILES string of the molecule is CC(C)CCCCCCn1c(N)nc2cc(I)ccc21. The third kappa shape index (κ3) is 4.11. The molecule has 0 fully saturated rings. The van der Waals surface area contributed by atoms with E-state index in [0.717, 1.165) is 23.5 Å². The largest absolute Gasteiger partial charge is 0.369 e. The summed E-state index contributed by atoms with van der Waals surface area (Å²) in [7, 11) is 0. The van der Waals surface area contributed by atoms with Gasteiger partial charge < -0.3 is 10.3 Å². The average Bonchev–Trinajstić information content (AvgIpc) is 2.68. The third-order valence-corrected chi connectivity index (χ3v) is 4.32. The number of nitrogen functional groups attached to an aromatic ring is 1. The Morgan fingerprint density at radius 3 is 2.70 bits per heavy atom. The van der Waals surface area contributed by atoms with Crippen LogP contribution in [0.4, 0.5) is 5.95 Å². The van der Waals surface area contributed by atoms with Crippen molar-refractivity contribution < 1.29 is 0 Å². The molecular weight excluding hydrogens is 361 g/mol. The molecule has 4 heteroatoms. The lowest BCUT2D eigenvalue weighted by atomic mass is 10.0. The number of unbranched alkanes of at least 4 members (excludes halogenated alkanes) is 3. The van der Waals surface area contributed by atoms with E-state index in [1.165, 1.54) is 35.7 Å². The van der Waals surface area contributed by atoms with E-state index >= 15 is 0 Å². The zero-order chi connectivity index (χ0) is 14.5. The van der Waals surface area contributed by atoms with Crippen molar-refractivity contribution in [2.75, 3.05) is 5.73 Å². The number of aryl methyl sites for hydroxylation is 1. The number of benzene rings is 1. The minimum atomic E-state index is 0.643. The molecule has 2 aromatic rings. The van der Waals surface area contributed by atoms with E-state index in [0.29, 0.717) is 5.95 Å². The fourth-order valence-electron chi connectivity index (χ4n) is 2.53. The monoisotopic (exact) mass is 385 g/mol. The molecule has 0 radical (unpaired) electrons. The molecule has 0 saturated heterocycles. The zero-order valence-electron chi connectivity index (χ0n) is 12.4. The first-order valence-electron chi connectivity index (χ1n) is 7.49. The maximum Gasteiger partial charge on any atom is 0.201 e. The van der Waals surface area contributed by atoms with E-state index in [4.69, 9.17) is 5.73 Å². The average molecular weight is 385 g/mol. The fourth-order valence-corrected chi connectivity index (χ4v) is 3.01. The molecule has 0 aliphatic rings. The highest BCUT2D eigenvalue weighted by Gasteiger charge is 2.07. The van der Waals surface area contributed by atoms with Crippen molar-refractivity contribution in [2.24, 2.45) is 5.92 Å². The molecule has 0 saturated carbocycles. The van der Waals surface area contributed by atoms with Crippen molar-refractivity contribution in [1.82, 2.24) is 9.55 Å². The van der Waals surface area contributed by atoms with E-state index < -0.39 is 0 Å². The van der Waals surface area contributed by atoms with Gasteiger partial charge in [0.15, 0.2) is 0 Å². The van der Waals surface area contributed by atoms with Gasteiger partial charge in [0.05, 0.1) is 11.0 Å². The first-order chi connectivity index (χ1) is 9.58. The van der Waals surface area contributed by atoms with Crippen molar-refractivity contribution >= 4 is 39.6 Å². The van der Waals surface area contributed by atoms with E-state index in [-0.39, 0.29) is 0 Å². The Morgan fingerprint density at radius 2 is 1.95 bits per heavy atom. The van der Waals surface area contributed by atoms with Gasteiger partial charge in [0.1, 0.15) is 0 Å². The summed E-state index contributed by atoms with van der Waals surface area (Å²) >= 11 is 2.31. The second-order valence-electron chi connectivity index (χ2n) is 5.85. The number of imidazole rings is 1. The highest BCUT2D eigenvalue weighted by Crippen LogP contribution is 2.21. The molecule has 0 amide bonds. The van der Waals surface area contributed by atoms with Crippen molar-refractivity contribution in [3.05, 3.63) is 21.8 Å². The fraction of sp³-hybridized carbons (Fsp3) is 0.562. The normalized spacial score (nSPS) is 11.6. The molecule has 0 spiro atoms. The highest BCUT2D eigenvalue weighted by atomic mass is 127. The molecule has 1 aromatic carbocycles. The van der Waals surface area contributed by atoms with Crippen LogP contribution in [-0.4, -0.2) is 9.55 Å². The molecule has 0 atom stereocenters. The first-order valence-corrected chi connectivity index (χ1v) is 8.57. The number of nitrogens with two attached hydrogens (primary N) is 1. The van der Waals surface area contributed by atoms with Crippen LogP contribution < -0.4 is 5.73 Å². The number of rotatable bonds is 7. The molecular formula is C16H24IN3. The molecule has 0 aliphatic heterocycles. The number of hydrogen-bond donors (Lipinski definition) is 1. The van der Waals surface area contributed by atoms with Crippen LogP contribution in [-0.2, 0) is 6.54 Å². The smallest absolute Gasteiger partial charge is 0.201 e. The summed E-state index contributed by atoms with van der Waals surface area (Å²) in [5.41, 5.74) is 8.20. The van der Waals surface area contributed by atoms with E-state index in [1.54, 1.807) is 0 Å². The van der Waals surface area contributed by atoms with Gasteiger partial charge in [0.2, 0.25) is 5.95 Å². The molecule has 3 nitrogen and oxygen atoms in total. The highest BCUT2D eigenvalue weighted by molar-refractivity contribution is 14.1. The van der Waals surface area contributed by atoms with Gasteiger partial charge in [-0.25, -0.2) is 4.98 Å². The quantitative estimate of drug-likeness (QED) is 0.548. The van der Waals surface area contributed by atoms with Gasteiger partial charge in [0, 0.05) is 10.1 Å². The number of nitrogens with zero attached hydrogens (tertiary/aromatic N) is 2. The molecule has 110 valence electrons. The number of fused-ring (bicyclic) bond motifs is 1. The van der Waals surface area contributed by atoms with Gasteiger partial charge in [-0.05, 0) is 53.1 Å². The van der Waals surface area contributed by atoms with Crippen molar-refractivity contribution in [3.8, 4) is 0 Å². The second-order valence-corrected chi connectivity index (χ2v) is 7.10. The molecule has 0 unspecified atom stereocenters. The summed E-state index contributed by atoms with van der Waals surface area (Å²) in [5, 5.41) is 0. The van der Waals surface area contributed by atoms with E-state index in [9.17, 15) is 0 Å². The Morgan fingerprint density at radius 1 is 1.20 bits per heavy atom. The maximum absolute atomic E-state index is 6.03. The first kappa shape index (κ1) is 15.6. The lowest BCUT2D eigenvalue weighted by Gasteiger charge is -2.07. The number of aromatic nitrogens is 2. The number of halogens is 1. The van der Waals surface area contributed by atoms with E-state index in [1.807, 2.05) is 0 Å². The van der Waals surface area contributed by atoms with Gasteiger partial charge in [-0.2, -0.15) is 0 Å². The summed E-state index contributed by atoms with van der Waals surface area (Å²) in [6.45, 7) is 5.56. The Hall–Kier alpha value is -0.780. The Bertz CT molecular complexity index is 560. The second kappa shape index (κ2) is 7.29.